The van der Waals surface area contributed by atoms with E-state index in [0.29, 0.717) is 25.4 Å². The molecule has 1 aromatic heterocycles. The lowest BCUT2D eigenvalue weighted by Gasteiger charge is -2.34. The first kappa shape index (κ1) is 27.4. The second-order valence-electron chi connectivity index (χ2n) is 9.43. The van der Waals surface area contributed by atoms with E-state index < -0.39 is 26.0 Å². The summed E-state index contributed by atoms with van der Waals surface area (Å²) in [5.41, 5.74) is 1.57. The highest BCUT2D eigenvalue weighted by Gasteiger charge is 2.34. The monoisotopic (exact) mass is 570 g/mol. The number of carbonyl (C=O) groups excluding carboxylic acids is 1. The summed E-state index contributed by atoms with van der Waals surface area (Å²) >= 11 is 0. The van der Waals surface area contributed by atoms with Gasteiger partial charge in [-0.3, -0.25) is 9.78 Å². The third-order valence-electron chi connectivity index (χ3n) is 6.97. The van der Waals surface area contributed by atoms with Crippen molar-refractivity contribution in [3.05, 3.63) is 84.2 Å². The van der Waals surface area contributed by atoms with E-state index in [-0.39, 0.29) is 34.5 Å². The molecule has 1 amide bonds. The third kappa shape index (κ3) is 5.89. The van der Waals surface area contributed by atoms with Crippen LogP contribution in [0, 0.1) is 0 Å². The topological polar surface area (TPSA) is 126 Å². The molecule has 2 fully saturated rings. The van der Waals surface area contributed by atoms with Crippen molar-refractivity contribution in [2.24, 2.45) is 0 Å². The van der Waals surface area contributed by atoms with Crippen molar-refractivity contribution in [1.82, 2.24) is 13.6 Å². The minimum absolute atomic E-state index is 0.109. The number of rotatable bonds is 7. The largest absolute Gasteiger partial charge is 0.379 e. The molecule has 0 bridgehead atoms. The normalized spacial score (nSPS) is 19.4. The Morgan fingerprint density at radius 2 is 1.51 bits per heavy atom. The lowest BCUT2D eigenvalue weighted by atomic mass is 9.99. The molecule has 1 N–H and O–H groups in total. The first-order valence-corrected chi connectivity index (χ1v) is 15.7. The molecule has 0 aliphatic carbocycles. The Kier molecular flexibility index (Phi) is 8.10. The van der Waals surface area contributed by atoms with Crippen LogP contribution in [0.1, 0.15) is 41.2 Å². The summed E-state index contributed by atoms with van der Waals surface area (Å²) in [5.74, 6) is -0.436. The summed E-state index contributed by atoms with van der Waals surface area (Å²) in [5, 5.41) is 2.74. The van der Waals surface area contributed by atoms with Crippen LogP contribution < -0.4 is 5.32 Å². The SMILES string of the molecule is O=C(Nc1ccc(S(=O)(=O)N2CCCC[C@@H]2c2cccnc2)cc1)c1ccc(S(=O)(=O)N2CCOCC2)cc1. The number of hydrogen-bond donors (Lipinski definition) is 1. The fourth-order valence-electron chi connectivity index (χ4n) is 4.86. The summed E-state index contributed by atoms with van der Waals surface area (Å²) in [6.07, 6.45) is 5.83. The van der Waals surface area contributed by atoms with Gasteiger partial charge in [0.15, 0.2) is 0 Å². The number of benzene rings is 2. The van der Waals surface area contributed by atoms with Crippen molar-refractivity contribution in [3.63, 3.8) is 0 Å². The van der Waals surface area contributed by atoms with Crippen LogP contribution >= 0.6 is 0 Å². The van der Waals surface area contributed by atoms with Crippen LogP contribution in [-0.4, -0.2) is 69.2 Å². The van der Waals surface area contributed by atoms with Gasteiger partial charge < -0.3 is 10.1 Å². The number of morpholine rings is 1. The van der Waals surface area contributed by atoms with Crippen LogP contribution in [0.4, 0.5) is 5.69 Å². The van der Waals surface area contributed by atoms with Gasteiger partial charge >= 0.3 is 0 Å². The maximum atomic E-state index is 13.5. The number of pyridine rings is 1. The number of piperidine rings is 1. The number of anilines is 1. The number of hydrogen-bond acceptors (Lipinski definition) is 7. The zero-order chi connectivity index (χ0) is 27.5. The highest BCUT2D eigenvalue weighted by atomic mass is 32.2. The van der Waals surface area contributed by atoms with Crippen molar-refractivity contribution in [2.75, 3.05) is 38.2 Å². The summed E-state index contributed by atoms with van der Waals surface area (Å²) in [7, 11) is -7.42. The molecule has 0 saturated carbocycles. The van der Waals surface area contributed by atoms with Gasteiger partial charge in [0.1, 0.15) is 0 Å². The Balaban J connectivity index is 1.27. The van der Waals surface area contributed by atoms with E-state index in [1.54, 1.807) is 24.5 Å². The van der Waals surface area contributed by atoms with Gasteiger partial charge in [0.25, 0.3) is 5.91 Å². The second-order valence-corrected chi connectivity index (χ2v) is 13.3. The van der Waals surface area contributed by atoms with E-state index in [1.807, 2.05) is 12.1 Å². The molecule has 3 heterocycles. The first-order valence-electron chi connectivity index (χ1n) is 12.8. The van der Waals surface area contributed by atoms with Gasteiger partial charge in [-0.2, -0.15) is 8.61 Å². The molecule has 2 saturated heterocycles. The predicted molar refractivity (Wildman–Crippen MR) is 145 cm³/mol. The van der Waals surface area contributed by atoms with Crippen LogP contribution in [0.2, 0.25) is 0 Å². The quantitative estimate of drug-likeness (QED) is 0.462. The van der Waals surface area contributed by atoms with E-state index in [9.17, 15) is 21.6 Å². The average Bonchev–Trinajstić information content (AvgIpc) is 2.98. The second kappa shape index (κ2) is 11.5. The molecule has 0 spiro atoms. The molecule has 39 heavy (non-hydrogen) atoms. The molecule has 2 aliphatic heterocycles. The summed E-state index contributed by atoms with van der Waals surface area (Å²) in [6, 6.07) is 15.2. The summed E-state index contributed by atoms with van der Waals surface area (Å²) in [4.78, 5) is 17.2. The molecule has 12 heteroatoms. The molecule has 5 rings (SSSR count). The smallest absolute Gasteiger partial charge is 0.255 e. The van der Waals surface area contributed by atoms with Crippen LogP contribution in [0.3, 0.4) is 0 Å². The van der Waals surface area contributed by atoms with Crippen LogP contribution in [-0.2, 0) is 24.8 Å². The predicted octanol–water partition coefficient (Wildman–Crippen LogP) is 3.27. The lowest BCUT2D eigenvalue weighted by Crippen LogP contribution is -2.40. The minimum atomic E-state index is -3.76. The fraction of sp³-hybridized carbons (Fsp3) is 0.333. The minimum Gasteiger partial charge on any atom is -0.379 e. The molecule has 206 valence electrons. The van der Waals surface area contributed by atoms with Crippen molar-refractivity contribution in [1.29, 1.82) is 0 Å². The van der Waals surface area contributed by atoms with Gasteiger partial charge in [-0.05, 0) is 73.0 Å². The first-order chi connectivity index (χ1) is 18.8. The standard InChI is InChI=1S/C27H30N4O6S2/c32-27(21-6-10-24(11-7-21)38(33,34)30-16-18-37-19-17-30)29-23-8-12-25(13-9-23)39(35,36)31-15-2-1-5-26(31)22-4-3-14-28-20-22/h3-4,6-14,20,26H,1-2,5,15-19H2,(H,29,32)/t26-/m1/s1. The Morgan fingerprint density at radius 1 is 0.846 bits per heavy atom. The van der Waals surface area contributed by atoms with Gasteiger partial charge in [0.05, 0.1) is 29.0 Å². The molecule has 0 unspecified atom stereocenters. The van der Waals surface area contributed by atoms with Crippen molar-refractivity contribution < 1.29 is 26.4 Å². The Bertz CT molecular complexity index is 1510. The molecule has 2 aliphatic rings. The molecule has 1 atom stereocenters. The summed E-state index contributed by atoms with van der Waals surface area (Å²) in [6.45, 7) is 1.71. The van der Waals surface area contributed by atoms with E-state index in [4.69, 9.17) is 4.74 Å². The third-order valence-corrected chi connectivity index (χ3v) is 10.8. The van der Waals surface area contributed by atoms with Gasteiger partial charge in [-0.25, -0.2) is 16.8 Å². The lowest BCUT2D eigenvalue weighted by molar-refractivity contribution is 0.0730. The number of nitrogens with one attached hydrogen (secondary N) is 1. The van der Waals surface area contributed by atoms with Gasteiger partial charge in [-0.1, -0.05) is 12.5 Å². The maximum Gasteiger partial charge on any atom is 0.255 e. The number of carbonyl (C=O) groups is 1. The molecule has 10 nitrogen and oxygen atoms in total. The van der Waals surface area contributed by atoms with Crippen molar-refractivity contribution >= 4 is 31.6 Å². The Hall–Kier alpha value is -3.16. The Labute approximate surface area is 228 Å². The van der Waals surface area contributed by atoms with Crippen LogP contribution in [0.15, 0.2) is 82.8 Å². The summed E-state index contributed by atoms with van der Waals surface area (Å²) < 4.78 is 60.7. The molecule has 2 aromatic carbocycles. The van der Waals surface area contributed by atoms with Crippen LogP contribution in [0.5, 0.6) is 0 Å². The molecular weight excluding hydrogens is 540 g/mol. The molecule has 3 aromatic rings. The molecule has 0 radical (unpaired) electrons. The fourth-order valence-corrected chi connectivity index (χ4v) is 7.95. The van der Waals surface area contributed by atoms with Gasteiger partial charge in [0, 0.05) is 43.3 Å². The zero-order valence-electron chi connectivity index (χ0n) is 21.3. The van der Waals surface area contributed by atoms with Crippen LogP contribution in [0.25, 0.3) is 0 Å². The van der Waals surface area contributed by atoms with Crippen molar-refractivity contribution in [2.45, 2.75) is 35.1 Å². The maximum absolute atomic E-state index is 13.5. The number of nitrogens with zero attached hydrogens (tertiary/aromatic N) is 3. The van der Waals surface area contributed by atoms with E-state index in [1.165, 1.54) is 45.0 Å². The van der Waals surface area contributed by atoms with Gasteiger partial charge in [0.2, 0.25) is 20.0 Å². The van der Waals surface area contributed by atoms with E-state index in [0.717, 1.165) is 24.8 Å². The number of aromatic nitrogens is 1. The van der Waals surface area contributed by atoms with Crippen molar-refractivity contribution in [3.8, 4) is 0 Å². The molecular formula is C27H30N4O6S2. The van der Waals surface area contributed by atoms with E-state index in [2.05, 4.69) is 10.3 Å². The number of ether oxygens (including phenoxy) is 1. The Morgan fingerprint density at radius 3 is 2.18 bits per heavy atom. The van der Waals surface area contributed by atoms with E-state index >= 15 is 0 Å². The number of amides is 1. The number of sulfonamides is 2. The average molecular weight is 571 g/mol. The highest BCUT2D eigenvalue weighted by molar-refractivity contribution is 7.89. The highest BCUT2D eigenvalue weighted by Crippen LogP contribution is 2.35. The zero-order valence-corrected chi connectivity index (χ0v) is 22.9. The van der Waals surface area contributed by atoms with Gasteiger partial charge in [-0.15, -0.1) is 0 Å².